The van der Waals surface area contributed by atoms with Gasteiger partial charge in [0.05, 0.1) is 46.4 Å². The molecule has 3 aromatic heterocycles. The van der Waals surface area contributed by atoms with Crippen LogP contribution in [0.15, 0.2) is 23.3 Å². The van der Waals surface area contributed by atoms with Gasteiger partial charge in [-0.3, -0.25) is 9.69 Å². The fourth-order valence-electron chi connectivity index (χ4n) is 5.21. The number of aliphatic imine (C=N–C) groups is 1. The number of ether oxygens (including phenoxy) is 1. The summed E-state index contributed by atoms with van der Waals surface area (Å²) in [5, 5.41) is 0. The van der Waals surface area contributed by atoms with Gasteiger partial charge >= 0.3 is 0 Å². The molecular formula is C26H34N6O2S. The number of H-pyrrole nitrogens is 1. The van der Waals surface area contributed by atoms with Gasteiger partial charge < -0.3 is 20.4 Å². The standard InChI is InChI=1S/C26H34N6O2S/c1-15(2)22-23(17-9-16(3)25(28-11-17)29-14-27)30-20-10-21(35-24(20)22)26(33)31(4)18-5-7-32(8-6-18)19-12-34-13-19/h9-11,14-15,18-19,30H,5-8,12-13H2,1-4H3,(H2,27,28,29). The summed E-state index contributed by atoms with van der Waals surface area (Å²) in [6.07, 6.45) is 5.12. The number of nitrogens with two attached hydrogens (primary N) is 1. The van der Waals surface area contributed by atoms with E-state index in [2.05, 4.69) is 39.8 Å². The summed E-state index contributed by atoms with van der Waals surface area (Å²) in [6, 6.07) is 4.95. The van der Waals surface area contributed by atoms with Crippen molar-refractivity contribution in [2.75, 3.05) is 33.4 Å². The molecule has 0 spiro atoms. The Balaban J connectivity index is 1.38. The summed E-state index contributed by atoms with van der Waals surface area (Å²) < 4.78 is 6.49. The molecule has 2 aliphatic heterocycles. The summed E-state index contributed by atoms with van der Waals surface area (Å²) in [5.74, 6) is 1.03. The highest BCUT2D eigenvalue weighted by atomic mass is 32.1. The van der Waals surface area contributed by atoms with Crippen LogP contribution in [0.5, 0.6) is 0 Å². The van der Waals surface area contributed by atoms with Crippen molar-refractivity contribution in [3.05, 3.63) is 34.3 Å². The third-order valence-electron chi connectivity index (χ3n) is 7.33. The van der Waals surface area contributed by atoms with E-state index in [0.29, 0.717) is 17.8 Å². The number of aryl methyl sites for hydroxylation is 1. The van der Waals surface area contributed by atoms with Crippen LogP contribution in [0.4, 0.5) is 5.82 Å². The third-order valence-corrected chi connectivity index (χ3v) is 8.49. The van der Waals surface area contributed by atoms with E-state index in [1.54, 1.807) is 11.3 Å². The first kappa shape index (κ1) is 24.0. The normalized spacial score (nSPS) is 18.1. The molecule has 0 aromatic carbocycles. The Morgan fingerprint density at radius 3 is 2.69 bits per heavy atom. The lowest BCUT2D eigenvalue weighted by Gasteiger charge is -2.43. The number of nitrogens with one attached hydrogen (secondary N) is 1. The van der Waals surface area contributed by atoms with Crippen molar-refractivity contribution in [1.82, 2.24) is 19.8 Å². The van der Waals surface area contributed by atoms with Crippen molar-refractivity contribution in [1.29, 1.82) is 0 Å². The first-order chi connectivity index (χ1) is 16.9. The second-order valence-corrected chi connectivity index (χ2v) is 11.0. The van der Waals surface area contributed by atoms with E-state index in [-0.39, 0.29) is 11.9 Å². The summed E-state index contributed by atoms with van der Waals surface area (Å²) in [5.41, 5.74) is 10.7. The number of fused-ring (bicyclic) bond motifs is 1. The Kier molecular flexibility index (Phi) is 6.65. The molecule has 2 fully saturated rings. The number of hydrogen-bond acceptors (Lipinski definition) is 6. The molecule has 186 valence electrons. The minimum atomic E-state index is 0.114. The number of likely N-dealkylation sites (tertiary alicyclic amines) is 1. The predicted octanol–water partition coefficient (Wildman–Crippen LogP) is 4.28. The predicted molar refractivity (Wildman–Crippen MR) is 142 cm³/mol. The van der Waals surface area contributed by atoms with E-state index in [1.807, 2.05) is 31.1 Å². The quantitative estimate of drug-likeness (QED) is 0.394. The van der Waals surface area contributed by atoms with Crippen LogP contribution in [0.2, 0.25) is 0 Å². The van der Waals surface area contributed by atoms with Crippen molar-refractivity contribution in [2.24, 2.45) is 10.7 Å². The number of aromatic amines is 1. The number of carbonyl (C=O) groups is 1. The zero-order valence-electron chi connectivity index (χ0n) is 20.9. The SMILES string of the molecule is Cc1cc(-c2[nH]c3cc(C(=O)N(C)C4CCN(C5COC5)CC4)sc3c2C(C)C)cnc1N=CN. The van der Waals surface area contributed by atoms with Crippen molar-refractivity contribution >= 4 is 39.6 Å². The smallest absolute Gasteiger partial charge is 0.264 e. The zero-order chi connectivity index (χ0) is 24.7. The van der Waals surface area contributed by atoms with Crippen LogP contribution >= 0.6 is 11.3 Å². The van der Waals surface area contributed by atoms with Gasteiger partial charge in [-0.25, -0.2) is 9.98 Å². The molecule has 0 unspecified atom stereocenters. The number of rotatable bonds is 6. The van der Waals surface area contributed by atoms with Crippen LogP contribution < -0.4 is 5.73 Å². The van der Waals surface area contributed by atoms with E-state index in [1.165, 1.54) is 11.9 Å². The molecule has 0 saturated carbocycles. The maximum atomic E-state index is 13.4. The molecule has 0 bridgehead atoms. The van der Waals surface area contributed by atoms with E-state index >= 15 is 0 Å². The molecule has 9 heteroatoms. The first-order valence-corrected chi connectivity index (χ1v) is 13.1. The van der Waals surface area contributed by atoms with Crippen LogP contribution in [0.25, 0.3) is 21.5 Å². The van der Waals surface area contributed by atoms with Gasteiger partial charge in [-0.05, 0) is 48.9 Å². The van der Waals surface area contributed by atoms with Gasteiger partial charge in [0.15, 0.2) is 5.82 Å². The van der Waals surface area contributed by atoms with Gasteiger partial charge in [-0.15, -0.1) is 11.3 Å². The molecule has 3 aromatic rings. The third kappa shape index (κ3) is 4.48. The lowest BCUT2D eigenvalue weighted by molar-refractivity contribution is -0.0744. The van der Waals surface area contributed by atoms with Crippen molar-refractivity contribution in [3.8, 4) is 11.3 Å². The minimum Gasteiger partial charge on any atom is -0.390 e. The largest absolute Gasteiger partial charge is 0.390 e. The summed E-state index contributed by atoms with van der Waals surface area (Å²) in [4.78, 5) is 30.9. The van der Waals surface area contributed by atoms with Crippen LogP contribution in [0.3, 0.4) is 0 Å². The minimum absolute atomic E-state index is 0.114. The summed E-state index contributed by atoms with van der Waals surface area (Å²) in [6.45, 7) is 10.1. The van der Waals surface area contributed by atoms with E-state index in [9.17, 15) is 4.79 Å². The number of nitrogens with zero attached hydrogens (tertiary/aromatic N) is 4. The van der Waals surface area contributed by atoms with Crippen LogP contribution in [0, 0.1) is 6.92 Å². The molecule has 1 amide bonds. The molecule has 0 aliphatic carbocycles. The molecule has 35 heavy (non-hydrogen) atoms. The van der Waals surface area contributed by atoms with Gasteiger partial charge in [0.1, 0.15) is 0 Å². The van der Waals surface area contributed by atoms with Gasteiger partial charge in [0, 0.05) is 37.9 Å². The molecule has 3 N–H and O–H groups in total. The van der Waals surface area contributed by atoms with Crippen molar-refractivity contribution in [3.63, 3.8) is 0 Å². The highest BCUT2D eigenvalue weighted by molar-refractivity contribution is 7.21. The molecule has 2 saturated heterocycles. The Hall–Kier alpha value is -2.75. The highest BCUT2D eigenvalue weighted by Crippen LogP contribution is 2.40. The Morgan fingerprint density at radius 1 is 1.34 bits per heavy atom. The lowest BCUT2D eigenvalue weighted by atomic mass is 9.99. The van der Waals surface area contributed by atoms with E-state index < -0.39 is 0 Å². The number of piperidine rings is 1. The molecular weight excluding hydrogens is 460 g/mol. The molecule has 5 heterocycles. The van der Waals surface area contributed by atoms with Gasteiger partial charge in [-0.2, -0.15) is 0 Å². The van der Waals surface area contributed by atoms with Crippen molar-refractivity contribution < 1.29 is 9.53 Å². The number of thiophene rings is 1. The second-order valence-electron chi connectivity index (χ2n) is 9.94. The van der Waals surface area contributed by atoms with Gasteiger partial charge in [0.2, 0.25) is 0 Å². The average Bonchev–Trinajstić information content (AvgIpc) is 3.37. The Bertz CT molecular complexity index is 1250. The monoisotopic (exact) mass is 494 g/mol. The maximum absolute atomic E-state index is 13.4. The van der Waals surface area contributed by atoms with Crippen molar-refractivity contribution in [2.45, 2.75) is 51.6 Å². The molecule has 2 aliphatic rings. The average molecular weight is 495 g/mol. The number of amides is 1. The molecule has 5 rings (SSSR count). The lowest BCUT2D eigenvalue weighted by Crippen LogP contribution is -2.54. The van der Waals surface area contributed by atoms with Gasteiger partial charge in [0.25, 0.3) is 5.91 Å². The number of hydrogen-bond donors (Lipinski definition) is 2. The first-order valence-electron chi connectivity index (χ1n) is 12.3. The number of pyridine rings is 1. The Labute approximate surface area is 210 Å². The molecule has 0 atom stereocenters. The van der Waals surface area contributed by atoms with Crippen LogP contribution in [-0.2, 0) is 4.74 Å². The number of carbonyl (C=O) groups excluding carboxylic acids is 1. The van der Waals surface area contributed by atoms with Gasteiger partial charge in [-0.1, -0.05) is 13.8 Å². The summed E-state index contributed by atoms with van der Waals surface area (Å²) >= 11 is 1.59. The molecule has 8 nitrogen and oxygen atoms in total. The molecule has 0 radical (unpaired) electrons. The van der Waals surface area contributed by atoms with Crippen LogP contribution in [-0.4, -0.2) is 77.4 Å². The fourth-order valence-corrected chi connectivity index (χ4v) is 6.50. The highest BCUT2D eigenvalue weighted by Gasteiger charge is 2.32. The number of aromatic nitrogens is 2. The Morgan fingerprint density at radius 2 is 2.09 bits per heavy atom. The maximum Gasteiger partial charge on any atom is 0.264 e. The van der Waals surface area contributed by atoms with Crippen LogP contribution in [0.1, 0.15) is 53.4 Å². The fraction of sp³-hybridized carbons (Fsp3) is 0.500. The second kappa shape index (κ2) is 9.72. The summed E-state index contributed by atoms with van der Waals surface area (Å²) in [7, 11) is 1.96. The topological polar surface area (TPSA) is 99.8 Å². The van der Waals surface area contributed by atoms with E-state index in [0.717, 1.165) is 71.1 Å². The van der Waals surface area contributed by atoms with E-state index in [4.69, 9.17) is 10.5 Å². The zero-order valence-corrected chi connectivity index (χ0v) is 21.7.